The van der Waals surface area contributed by atoms with E-state index in [-0.39, 0.29) is 11.9 Å². The summed E-state index contributed by atoms with van der Waals surface area (Å²) in [5.74, 6) is 0.563. The number of carbonyl (C=O) groups is 1. The monoisotopic (exact) mass is 242 g/mol. The van der Waals surface area contributed by atoms with E-state index in [1.165, 1.54) is 25.7 Å². The zero-order chi connectivity index (χ0) is 13.1. The third-order valence-electron chi connectivity index (χ3n) is 3.04. The first kappa shape index (κ1) is 16.5. The van der Waals surface area contributed by atoms with Crippen LogP contribution >= 0.6 is 0 Å². The van der Waals surface area contributed by atoms with Crippen LogP contribution < -0.4 is 0 Å². The summed E-state index contributed by atoms with van der Waals surface area (Å²) in [7, 11) is 0. The molecular weight excluding hydrogens is 212 g/mol. The van der Waals surface area contributed by atoms with Crippen LogP contribution in [0, 0.1) is 11.8 Å². The maximum atomic E-state index is 11.8. The van der Waals surface area contributed by atoms with Gasteiger partial charge >= 0.3 is 5.97 Å². The second-order valence-electron chi connectivity index (χ2n) is 5.33. The minimum absolute atomic E-state index is 0.0108. The van der Waals surface area contributed by atoms with Gasteiger partial charge in [-0.2, -0.15) is 0 Å². The highest BCUT2D eigenvalue weighted by molar-refractivity contribution is 5.72. The van der Waals surface area contributed by atoms with Crippen LogP contribution in [0.5, 0.6) is 0 Å². The largest absolute Gasteiger partial charge is 0.465 e. The Bertz CT molecular complexity index is 187. The van der Waals surface area contributed by atoms with Crippen molar-refractivity contribution in [3.63, 3.8) is 0 Å². The van der Waals surface area contributed by atoms with Gasteiger partial charge in [-0.1, -0.05) is 59.8 Å². The van der Waals surface area contributed by atoms with Crippen molar-refractivity contribution in [2.75, 3.05) is 6.61 Å². The SMILES string of the molecule is CCCCCCCC(CC)C(=O)OCC(C)C. The molecule has 0 aromatic rings. The highest BCUT2D eigenvalue weighted by Crippen LogP contribution is 2.16. The molecule has 17 heavy (non-hydrogen) atoms. The van der Waals surface area contributed by atoms with Crippen LogP contribution in [0.1, 0.15) is 72.6 Å². The first-order valence-electron chi connectivity index (χ1n) is 7.28. The van der Waals surface area contributed by atoms with Crippen molar-refractivity contribution in [3.8, 4) is 0 Å². The number of hydrogen-bond acceptors (Lipinski definition) is 2. The Morgan fingerprint density at radius 3 is 2.24 bits per heavy atom. The maximum Gasteiger partial charge on any atom is 0.308 e. The Labute approximate surface area is 107 Å². The molecule has 0 saturated carbocycles. The van der Waals surface area contributed by atoms with Crippen LogP contribution in [0.15, 0.2) is 0 Å². The van der Waals surface area contributed by atoms with E-state index in [0.717, 1.165) is 19.3 Å². The topological polar surface area (TPSA) is 26.3 Å². The van der Waals surface area contributed by atoms with Gasteiger partial charge in [-0.25, -0.2) is 0 Å². The van der Waals surface area contributed by atoms with Gasteiger partial charge in [0.15, 0.2) is 0 Å². The van der Waals surface area contributed by atoms with E-state index in [0.29, 0.717) is 12.5 Å². The molecule has 1 unspecified atom stereocenters. The van der Waals surface area contributed by atoms with Crippen LogP contribution in [0.4, 0.5) is 0 Å². The summed E-state index contributed by atoms with van der Waals surface area (Å²) in [5.41, 5.74) is 0. The third kappa shape index (κ3) is 9.20. The van der Waals surface area contributed by atoms with Gasteiger partial charge in [0.1, 0.15) is 0 Å². The second-order valence-corrected chi connectivity index (χ2v) is 5.33. The molecule has 0 aromatic heterocycles. The van der Waals surface area contributed by atoms with Crippen molar-refractivity contribution in [2.45, 2.75) is 72.6 Å². The maximum absolute atomic E-state index is 11.8. The molecule has 0 spiro atoms. The molecule has 0 fully saturated rings. The van der Waals surface area contributed by atoms with Crippen LogP contribution in [0.25, 0.3) is 0 Å². The number of unbranched alkanes of at least 4 members (excludes halogenated alkanes) is 4. The third-order valence-corrected chi connectivity index (χ3v) is 3.04. The molecule has 0 saturated heterocycles. The van der Waals surface area contributed by atoms with Crippen LogP contribution in [0.2, 0.25) is 0 Å². The lowest BCUT2D eigenvalue weighted by Crippen LogP contribution is -2.19. The first-order chi connectivity index (χ1) is 8.11. The fourth-order valence-corrected chi connectivity index (χ4v) is 1.85. The molecule has 0 aliphatic carbocycles. The first-order valence-corrected chi connectivity index (χ1v) is 7.28. The zero-order valence-corrected chi connectivity index (χ0v) is 12.1. The van der Waals surface area contributed by atoms with Crippen molar-refractivity contribution < 1.29 is 9.53 Å². The van der Waals surface area contributed by atoms with Crippen LogP contribution in [-0.2, 0) is 9.53 Å². The molecular formula is C15H30O2. The predicted octanol–water partition coefficient (Wildman–Crippen LogP) is 4.57. The summed E-state index contributed by atoms with van der Waals surface area (Å²) in [6.07, 6.45) is 8.20. The fourth-order valence-electron chi connectivity index (χ4n) is 1.85. The van der Waals surface area contributed by atoms with Gasteiger partial charge < -0.3 is 4.74 Å². The summed E-state index contributed by atoms with van der Waals surface area (Å²) in [6.45, 7) is 8.99. The average molecular weight is 242 g/mol. The Morgan fingerprint density at radius 2 is 1.71 bits per heavy atom. The molecule has 0 aliphatic heterocycles. The molecule has 0 rings (SSSR count). The van der Waals surface area contributed by atoms with E-state index in [2.05, 4.69) is 27.7 Å². The van der Waals surface area contributed by atoms with E-state index in [4.69, 9.17) is 4.74 Å². The highest BCUT2D eigenvalue weighted by atomic mass is 16.5. The van der Waals surface area contributed by atoms with Gasteiger partial charge in [0.25, 0.3) is 0 Å². The standard InChI is InChI=1S/C15H30O2/c1-5-7-8-9-10-11-14(6-2)15(16)17-12-13(3)4/h13-14H,5-12H2,1-4H3. The van der Waals surface area contributed by atoms with Gasteiger partial charge in [-0.05, 0) is 18.8 Å². The second kappa shape index (κ2) is 10.6. The summed E-state index contributed by atoms with van der Waals surface area (Å²) in [4.78, 5) is 11.8. The molecule has 2 heteroatoms. The molecule has 0 bridgehead atoms. The van der Waals surface area contributed by atoms with E-state index in [1.807, 2.05) is 0 Å². The molecule has 0 aromatic carbocycles. The number of ether oxygens (including phenoxy) is 1. The lowest BCUT2D eigenvalue weighted by Gasteiger charge is -2.15. The molecule has 0 N–H and O–H groups in total. The molecule has 0 aliphatic rings. The quantitative estimate of drug-likeness (QED) is 0.414. The molecule has 1 atom stereocenters. The Morgan fingerprint density at radius 1 is 1.06 bits per heavy atom. The molecule has 0 amide bonds. The Kier molecular flexibility index (Phi) is 10.3. The van der Waals surface area contributed by atoms with Gasteiger partial charge in [-0.3, -0.25) is 4.79 Å². The Balaban J connectivity index is 3.70. The number of rotatable bonds is 10. The van der Waals surface area contributed by atoms with E-state index >= 15 is 0 Å². The summed E-state index contributed by atoms with van der Waals surface area (Å²) >= 11 is 0. The van der Waals surface area contributed by atoms with Gasteiger partial charge in [-0.15, -0.1) is 0 Å². The lowest BCUT2D eigenvalue weighted by molar-refractivity contribution is -0.150. The van der Waals surface area contributed by atoms with Gasteiger partial charge in [0.2, 0.25) is 0 Å². The van der Waals surface area contributed by atoms with Crippen molar-refractivity contribution in [1.29, 1.82) is 0 Å². The average Bonchev–Trinajstić information content (AvgIpc) is 2.31. The summed E-state index contributed by atoms with van der Waals surface area (Å²) in [6, 6.07) is 0. The normalized spacial score (nSPS) is 12.8. The number of esters is 1. The van der Waals surface area contributed by atoms with Crippen LogP contribution in [-0.4, -0.2) is 12.6 Å². The predicted molar refractivity (Wildman–Crippen MR) is 73.0 cm³/mol. The summed E-state index contributed by atoms with van der Waals surface area (Å²) in [5, 5.41) is 0. The van der Waals surface area contributed by atoms with Gasteiger partial charge in [0.05, 0.1) is 12.5 Å². The van der Waals surface area contributed by atoms with E-state index in [1.54, 1.807) is 0 Å². The summed E-state index contributed by atoms with van der Waals surface area (Å²) < 4.78 is 5.30. The number of hydrogen-bond donors (Lipinski definition) is 0. The van der Waals surface area contributed by atoms with Crippen molar-refractivity contribution >= 4 is 5.97 Å². The van der Waals surface area contributed by atoms with E-state index in [9.17, 15) is 4.79 Å². The molecule has 0 heterocycles. The van der Waals surface area contributed by atoms with Crippen molar-refractivity contribution in [2.24, 2.45) is 11.8 Å². The van der Waals surface area contributed by atoms with Gasteiger partial charge in [0, 0.05) is 0 Å². The zero-order valence-electron chi connectivity index (χ0n) is 12.1. The van der Waals surface area contributed by atoms with Crippen molar-refractivity contribution in [1.82, 2.24) is 0 Å². The molecule has 102 valence electrons. The minimum atomic E-state index is 0.0108. The smallest absolute Gasteiger partial charge is 0.308 e. The Hall–Kier alpha value is -0.530. The van der Waals surface area contributed by atoms with E-state index < -0.39 is 0 Å². The van der Waals surface area contributed by atoms with Crippen molar-refractivity contribution in [3.05, 3.63) is 0 Å². The lowest BCUT2D eigenvalue weighted by atomic mass is 9.98. The highest BCUT2D eigenvalue weighted by Gasteiger charge is 2.17. The molecule has 2 nitrogen and oxygen atoms in total. The minimum Gasteiger partial charge on any atom is -0.465 e. The number of carbonyl (C=O) groups excluding carboxylic acids is 1. The fraction of sp³-hybridized carbons (Fsp3) is 0.933. The van der Waals surface area contributed by atoms with Crippen LogP contribution in [0.3, 0.4) is 0 Å². The molecule has 0 radical (unpaired) electrons.